The van der Waals surface area contributed by atoms with Crippen molar-refractivity contribution in [2.45, 2.75) is 32.1 Å². The van der Waals surface area contributed by atoms with Crippen LogP contribution < -0.4 is 10.7 Å². The Labute approximate surface area is 90.0 Å². The number of nitrogens with two attached hydrogens (primary N) is 1. The fraction of sp³-hybridized carbons (Fsp3) is 0.455. The normalized spacial score (nSPS) is 12.6. The third kappa shape index (κ3) is 2.40. The third-order valence-corrected chi connectivity index (χ3v) is 2.85. The van der Waals surface area contributed by atoms with E-state index < -0.39 is 0 Å². The van der Waals surface area contributed by atoms with Crippen LogP contribution >= 0.6 is 11.6 Å². The summed E-state index contributed by atoms with van der Waals surface area (Å²) in [6, 6.07) is 5.99. The molecule has 0 saturated carbocycles. The van der Waals surface area contributed by atoms with Gasteiger partial charge in [-0.2, -0.15) is 5.90 Å². The standard InChI is InChI=1S/C11H16ClNO/c1-3-8-5-6-9(10(12)4-2)11(7-8)14-13/h5-7,10H,3-4,13H2,1-2H3. The van der Waals surface area contributed by atoms with Crippen LogP contribution in [0.15, 0.2) is 18.2 Å². The molecule has 1 rings (SSSR count). The van der Waals surface area contributed by atoms with Crippen molar-refractivity contribution in [2.24, 2.45) is 5.90 Å². The summed E-state index contributed by atoms with van der Waals surface area (Å²) in [6.45, 7) is 4.12. The Bertz CT molecular complexity index is 301. The van der Waals surface area contributed by atoms with Gasteiger partial charge in [0.1, 0.15) is 0 Å². The molecule has 1 aromatic rings. The number of hydrogen-bond acceptors (Lipinski definition) is 2. The first kappa shape index (κ1) is 11.3. The topological polar surface area (TPSA) is 35.2 Å². The zero-order chi connectivity index (χ0) is 10.6. The van der Waals surface area contributed by atoms with Crippen LogP contribution in [0.5, 0.6) is 5.75 Å². The third-order valence-electron chi connectivity index (χ3n) is 2.31. The van der Waals surface area contributed by atoms with Crippen LogP contribution in [0, 0.1) is 0 Å². The van der Waals surface area contributed by atoms with Crippen LogP contribution in [-0.4, -0.2) is 0 Å². The number of rotatable bonds is 4. The van der Waals surface area contributed by atoms with Gasteiger partial charge in [0.2, 0.25) is 0 Å². The van der Waals surface area contributed by atoms with Gasteiger partial charge in [-0.3, -0.25) is 0 Å². The predicted octanol–water partition coefficient (Wildman–Crippen LogP) is 3.19. The molecular formula is C11H16ClNO. The second kappa shape index (κ2) is 5.23. The number of aryl methyl sites for hydroxylation is 1. The van der Waals surface area contributed by atoms with E-state index in [9.17, 15) is 0 Å². The van der Waals surface area contributed by atoms with Crippen LogP contribution in [-0.2, 0) is 6.42 Å². The average Bonchev–Trinajstić information content (AvgIpc) is 2.27. The molecule has 1 unspecified atom stereocenters. The fourth-order valence-corrected chi connectivity index (χ4v) is 1.56. The highest BCUT2D eigenvalue weighted by atomic mass is 35.5. The molecule has 1 atom stereocenters. The summed E-state index contributed by atoms with van der Waals surface area (Å²) in [5, 5.41) is -0.0283. The van der Waals surface area contributed by atoms with E-state index in [4.69, 9.17) is 22.3 Å². The van der Waals surface area contributed by atoms with Crippen molar-refractivity contribution in [2.75, 3.05) is 0 Å². The molecule has 3 heteroatoms. The van der Waals surface area contributed by atoms with Crippen LogP contribution in [0.4, 0.5) is 0 Å². The second-order valence-corrected chi connectivity index (χ2v) is 3.75. The van der Waals surface area contributed by atoms with Gasteiger partial charge < -0.3 is 4.84 Å². The molecule has 0 saturated heterocycles. The molecule has 2 nitrogen and oxygen atoms in total. The molecule has 1 aromatic carbocycles. The Morgan fingerprint density at radius 1 is 1.43 bits per heavy atom. The van der Waals surface area contributed by atoms with Crippen molar-refractivity contribution in [3.63, 3.8) is 0 Å². The van der Waals surface area contributed by atoms with Gasteiger partial charge in [-0.25, -0.2) is 0 Å². The monoisotopic (exact) mass is 213 g/mol. The molecule has 0 spiro atoms. The molecule has 14 heavy (non-hydrogen) atoms. The molecular weight excluding hydrogens is 198 g/mol. The molecule has 0 amide bonds. The molecule has 0 bridgehead atoms. The fourth-order valence-electron chi connectivity index (χ4n) is 1.38. The summed E-state index contributed by atoms with van der Waals surface area (Å²) in [5.74, 6) is 5.89. The van der Waals surface area contributed by atoms with Crippen LogP contribution in [0.1, 0.15) is 36.8 Å². The zero-order valence-corrected chi connectivity index (χ0v) is 9.34. The largest absolute Gasteiger partial charge is 0.411 e. The minimum atomic E-state index is -0.0283. The number of halogens is 1. The number of benzene rings is 1. The highest BCUT2D eigenvalue weighted by molar-refractivity contribution is 6.21. The molecule has 0 aromatic heterocycles. The van der Waals surface area contributed by atoms with E-state index in [2.05, 4.69) is 13.0 Å². The van der Waals surface area contributed by atoms with Gasteiger partial charge in [-0.15, -0.1) is 11.6 Å². The summed E-state index contributed by atoms with van der Waals surface area (Å²) in [5.41, 5.74) is 2.17. The summed E-state index contributed by atoms with van der Waals surface area (Å²) < 4.78 is 0. The van der Waals surface area contributed by atoms with E-state index in [-0.39, 0.29) is 5.38 Å². The van der Waals surface area contributed by atoms with E-state index in [1.165, 1.54) is 5.56 Å². The van der Waals surface area contributed by atoms with Crippen molar-refractivity contribution in [1.82, 2.24) is 0 Å². The molecule has 0 aliphatic carbocycles. The van der Waals surface area contributed by atoms with E-state index in [1.807, 2.05) is 19.1 Å². The maximum absolute atomic E-state index is 6.13. The van der Waals surface area contributed by atoms with Gasteiger partial charge in [0.25, 0.3) is 0 Å². The van der Waals surface area contributed by atoms with Crippen molar-refractivity contribution >= 4 is 11.6 Å². The number of hydrogen-bond donors (Lipinski definition) is 1. The van der Waals surface area contributed by atoms with E-state index in [1.54, 1.807) is 0 Å². The van der Waals surface area contributed by atoms with E-state index in [0.717, 1.165) is 18.4 Å². The SMILES string of the molecule is CCc1ccc(C(Cl)CC)c(ON)c1. The highest BCUT2D eigenvalue weighted by Crippen LogP contribution is 2.32. The van der Waals surface area contributed by atoms with Gasteiger partial charge in [0.15, 0.2) is 5.75 Å². The summed E-state index contributed by atoms with van der Waals surface area (Å²) in [7, 11) is 0. The Morgan fingerprint density at radius 2 is 2.14 bits per heavy atom. The molecule has 0 heterocycles. The van der Waals surface area contributed by atoms with Gasteiger partial charge in [0, 0.05) is 5.56 Å². The van der Waals surface area contributed by atoms with Gasteiger partial charge in [-0.05, 0) is 24.5 Å². The smallest absolute Gasteiger partial charge is 0.151 e. The first-order valence-corrected chi connectivity index (χ1v) is 5.30. The maximum Gasteiger partial charge on any atom is 0.151 e. The van der Waals surface area contributed by atoms with Crippen LogP contribution in [0.3, 0.4) is 0 Å². The Morgan fingerprint density at radius 3 is 2.64 bits per heavy atom. The molecule has 0 radical (unpaired) electrons. The lowest BCUT2D eigenvalue weighted by Crippen LogP contribution is -2.06. The molecule has 2 N–H and O–H groups in total. The van der Waals surface area contributed by atoms with Crippen LogP contribution in [0.25, 0.3) is 0 Å². The Hall–Kier alpha value is -0.730. The highest BCUT2D eigenvalue weighted by Gasteiger charge is 2.11. The van der Waals surface area contributed by atoms with Gasteiger partial charge in [-0.1, -0.05) is 26.0 Å². The lowest BCUT2D eigenvalue weighted by atomic mass is 10.0. The predicted molar refractivity (Wildman–Crippen MR) is 59.5 cm³/mol. The van der Waals surface area contributed by atoms with Gasteiger partial charge in [0.05, 0.1) is 5.38 Å². The lowest BCUT2D eigenvalue weighted by Gasteiger charge is -2.12. The first-order chi connectivity index (χ1) is 6.72. The quantitative estimate of drug-likeness (QED) is 0.616. The minimum Gasteiger partial charge on any atom is -0.411 e. The summed E-state index contributed by atoms with van der Waals surface area (Å²) in [4.78, 5) is 4.83. The van der Waals surface area contributed by atoms with Crippen molar-refractivity contribution in [1.29, 1.82) is 0 Å². The summed E-state index contributed by atoms with van der Waals surface area (Å²) in [6.07, 6.45) is 1.83. The first-order valence-electron chi connectivity index (χ1n) is 4.86. The lowest BCUT2D eigenvalue weighted by molar-refractivity contribution is 0.330. The molecule has 0 aliphatic heterocycles. The Kier molecular flexibility index (Phi) is 4.23. The minimum absolute atomic E-state index is 0.0283. The molecule has 0 aliphatic rings. The summed E-state index contributed by atoms with van der Waals surface area (Å²) >= 11 is 6.13. The van der Waals surface area contributed by atoms with E-state index >= 15 is 0 Å². The Balaban J connectivity index is 3.04. The van der Waals surface area contributed by atoms with Crippen molar-refractivity contribution in [3.05, 3.63) is 29.3 Å². The van der Waals surface area contributed by atoms with Crippen molar-refractivity contribution in [3.8, 4) is 5.75 Å². The van der Waals surface area contributed by atoms with Crippen molar-refractivity contribution < 1.29 is 4.84 Å². The average molecular weight is 214 g/mol. The van der Waals surface area contributed by atoms with E-state index in [0.29, 0.717) is 5.75 Å². The maximum atomic E-state index is 6.13. The number of alkyl halides is 1. The molecule has 0 fully saturated rings. The van der Waals surface area contributed by atoms with Gasteiger partial charge >= 0.3 is 0 Å². The van der Waals surface area contributed by atoms with Crippen LogP contribution in [0.2, 0.25) is 0 Å². The molecule has 78 valence electrons. The zero-order valence-electron chi connectivity index (χ0n) is 8.59. The second-order valence-electron chi connectivity index (χ2n) is 3.22.